The maximum absolute atomic E-state index is 11.9. The first-order valence-electron chi connectivity index (χ1n) is 5.89. The van der Waals surface area contributed by atoms with Gasteiger partial charge < -0.3 is 15.2 Å². The van der Waals surface area contributed by atoms with Gasteiger partial charge in [-0.25, -0.2) is 0 Å². The number of hydrogen-bond donors (Lipinski definition) is 2. The number of aromatic hydroxyl groups is 1. The Morgan fingerprint density at radius 2 is 2.32 bits per heavy atom. The molecule has 7 heteroatoms. The van der Waals surface area contributed by atoms with Crippen molar-refractivity contribution < 1.29 is 19.6 Å². The van der Waals surface area contributed by atoms with Gasteiger partial charge in [-0.3, -0.25) is 14.9 Å². The molecule has 0 spiro atoms. The van der Waals surface area contributed by atoms with Gasteiger partial charge in [0.25, 0.3) is 5.91 Å². The molecule has 2 rings (SSSR count). The van der Waals surface area contributed by atoms with Gasteiger partial charge in [0, 0.05) is 18.2 Å². The van der Waals surface area contributed by atoms with Crippen molar-refractivity contribution in [2.45, 2.75) is 25.5 Å². The quantitative estimate of drug-likeness (QED) is 0.632. The number of nitro groups is 1. The van der Waals surface area contributed by atoms with Gasteiger partial charge in [0.2, 0.25) is 0 Å². The number of nitro benzene ring substituents is 1. The van der Waals surface area contributed by atoms with Crippen molar-refractivity contribution in [1.29, 1.82) is 0 Å². The minimum absolute atomic E-state index is 0.0596. The lowest BCUT2D eigenvalue weighted by Gasteiger charge is -2.15. The van der Waals surface area contributed by atoms with Crippen molar-refractivity contribution in [3.63, 3.8) is 0 Å². The van der Waals surface area contributed by atoms with Crippen LogP contribution in [0.25, 0.3) is 0 Å². The Bertz CT molecular complexity index is 517. The average Bonchev–Trinajstić information content (AvgIpc) is 2.74. The van der Waals surface area contributed by atoms with Crippen LogP contribution in [0.2, 0.25) is 0 Å². The molecule has 102 valence electrons. The number of nitrogens with one attached hydrogen (secondary N) is 1. The predicted molar refractivity (Wildman–Crippen MR) is 66.0 cm³/mol. The molecular weight excluding hydrogens is 252 g/mol. The van der Waals surface area contributed by atoms with E-state index in [1.165, 1.54) is 6.07 Å². The minimum atomic E-state index is -0.704. The third-order valence-electron chi connectivity index (χ3n) is 3.13. The summed E-state index contributed by atoms with van der Waals surface area (Å²) in [4.78, 5) is 21.8. The van der Waals surface area contributed by atoms with Crippen molar-refractivity contribution >= 4 is 11.6 Å². The molecule has 19 heavy (non-hydrogen) atoms. The van der Waals surface area contributed by atoms with Gasteiger partial charge in [-0.05, 0) is 25.5 Å². The van der Waals surface area contributed by atoms with Crippen molar-refractivity contribution in [2.24, 2.45) is 0 Å². The Balaban J connectivity index is 2.11. The van der Waals surface area contributed by atoms with Gasteiger partial charge in [0.1, 0.15) is 0 Å². The molecular formula is C12H14N2O5. The zero-order valence-electron chi connectivity index (χ0n) is 10.3. The Morgan fingerprint density at radius 1 is 1.58 bits per heavy atom. The Hall–Kier alpha value is -2.15. The fraction of sp³-hybridized carbons (Fsp3) is 0.417. The van der Waals surface area contributed by atoms with E-state index < -0.39 is 16.4 Å². The van der Waals surface area contributed by atoms with Crippen molar-refractivity contribution in [2.75, 3.05) is 6.61 Å². The fourth-order valence-corrected chi connectivity index (χ4v) is 1.99. The van der Waals surface area contributed by atoms with Crippen molar-refractivity contribution in [3.05, 3.63) is 33.9 Å². The fourth-order valence-electron chi connectivity index (χ4n) is 1.99. The van der Waals surface area contributed by atoms with Crippen LogP contribution in [0.15, 0.2) is 18.2 Å². The Morgan fingerprint density at radius 3 is 2.84 bits per heavy atom. The molecule has 1 amide bonds. The van der Waals surface area contributed by atoms with Crippen LogP contribution in [0.4, 0.5) is 5.69 Å². The lowest BCUT2D eigenvalue weighted by molar-refractivity contribution is -0.385. The van der Waals surface area contributed by atoms with E-state index >= 15 is 0 Å². The van der Waals surface area contributed by atoms with Gasteiger partial charge in [0.05, 0.1) is 17.1 Å². The number of benzene rings is 1. The molecule has 1 heterocycles. The first-order valence-corrected chi connectivity index (χ1v) is 5.89. The minimum Gasteiger partial charge on any atom is -0.502 e. The highest BCUT2D eigenvalue weighted by Crippen LogP contribution is 2.26. The maximum atomic E-state index is 11.9. The molecule has 0 aromatic heterocycles. The van der Waals surface area contributed by atoms with Gasteiger partial charge in [-0.15, -0.1) is 0 Å². The standard InChI is InChI=1S/C12H14N2O5/c1-7-9(4-5-19-7)13-12(16)8-2-3-10(14(17)18)11(15)6-8/h2-3,6-7,9,15H,4-5H2,1H3,(H,13,16). The van der Waals surface area contributed by atoms with E-state index in [-0.39, 0.29) is 23.6 Å². The molecule has 0 bridgehead atoms. The van der Waals surface area contributed by atoms with Crippen LogP contribution in [0.1, 0.15) is 23.7 Å². The van der Waals surface area contributed by atoms with Crippen LogP contribution in [0.3, 0.4) is 0 Å². The molecule has 1 aliphatic rings. The summed E-state index contributed by atoms with van der Waals surface area (Å²) < 4.78 is 5.32. The largest absolute Gasteiger partial charge is 0.502 e. The van der Waals surface area contributed by atoms with E-state index in [1.54, 1.807) is 0 Å². The van der Waals surface area contributed by atoms with Crippen molar-refractivity contribution in [3.8, 4) is 5.75 Å². The molecule has 1 aromatic carbocycles. The van der Waals surface area contributed by atoms with Crippen LogP contribution >= 0.6 is 0 Å². The lowest BCUT2D eigenvalue weighted by atomic mass is 10.1. The zero-order valence-corrected chi connectivity index (χ0v) is 10.3. The van der Waals surface area contributed by atoms with Crippen LogP contribution in [0.5, 0.6) is 5.75 Å². The van der Waals surface area contributed by atoms with E-state index in [2.05, 4.69) is 5.32 Å². The second-order valence-corrected chi connectivity index (χ2v) is 4.41. The molecule has 1 aliphatic heterocycles. The van der Waals surface area contributed by atoms with Crippen LogP contribution in [0, 0.1) is 10.1 Å². The third-order valence-corrected chi connectivity index (χ3v) is 3.13. The monoisotopic (exact) mass is 266 g/mol. The molecule has 0 aliphatic carbocycles. The summed E-state index contributed by atoms with van der Waals surface area (Å²) >= 11 is 0. The number of rotatable bonds is 3. The second kappa shape index (κ2) is 5.23. The van der Waals surface area contributed by atoms with Gasteiger partial charge in [0.15, 0.2) is 5.75 Å². The summed E-state index contributed by atoms with van der Waals surface area (Å²) in [5, 5.41) is 22.8. The van der Waals surface area contributed by atoms with Gasteiger partial charge in [-0.2, -0.15) is 0 Å². The molecule has 2 unspecified atom stereocenters. The maximum Gasteiger partial charge on any atom is 0.310 e. The molecule has 2 atom stereocenters. The average molecular weight is 266 g/mol. The highest BCUT2D eigenvalue weighted by Gasteiger charge is 2.26. The number of amides is 1. The van der Waals surface area contributed by atoms with Crippen LogP contribution < -0.4 is 5.32 Å². The SMILES string of the molecule is CC1OCCC1NC(=O)c1ccc([N+](=O)[O-])c(O)c1. The normalized spacial score (nSPS) is 22.2. The number of ether oxygens (including phenoxy) is 1. The predicted octanol–water partition coefficient (Wildman–Crippen LogP) is 1.21. The van der Waals surface area contributed by atoms with Crippen LogP contribution in [-0.2, 0) is 4.74 Å². The number of hydrogen-bond acceptors (Lipinski definition) is 5. The topological polar surface area (TPSA) is 102 Å². The van der Waals surface area contributed by atoms with E-state index in [1.807, 2.05) is 6.92 Å². The van der Waals surface area contributed by atoms with Gasteiger partial charge in [-0.1, -0.05) is 0 Å². The zero-order chi connectivity index (χ0) is 14.0. The first-order chi connectivity index (χ1) is 8.99. The third kappa shape index (κ3) is 2.82. The van der Waals surface area contributed by atoms with E-state index in [4.69, 9.17) is 4.74 Å². The number of phenols is 1. The second-order valence-electron chi connectivity index (χ2n) is 4.41. The van der Waals surface area contributed by atoms with Crippen LogP contribution in [-0.4, -0.2) is 34.7 Å². The van der Waals surface area contributed by atoms with E-state index in [0.717, 1.165) is 18.6 Å². The van der Waals surface area contributed by atoms with E-state index in [9.17, 15) is 20.0 Å². The van der Waals surface area contributed by atoms with Crippen molar-refractivity contribution in [1.82, 2.24) is 5.32 Å². The number of nitrogens with zero attached hydrogens (tertiary/aromatic N) is 1. The highest BCUT2D eigenvalue weighted by molar-refractivity contribution is 5.95. The summed E-state index contributed by atoms with van der Waals surface area (Å²) in [6, 6.07) is 3.44. The molecule has 7 nitrogen and oxygen atoms in total. The summed E-state index contributed by atoms with van der Waals surface area (Å²) in [7, 11) is 0. The highest BCUT2D eigenvalue weighted by atomic mass is 16.6. The summed E-state index contributed by atoms with van der Waals surface area (Å²) in [5.74, 6) is -0.902. The smallest absolute Gasteiger partial charge is 0.310 e. The summed E-state index contributed by atoms with van der Waals surface area (Å²) in [6.45, 7) is 2.46. The molecule has 0 saturated carbocycles. The number of phenolic OH excluding ortho intramolecular Hbond substituents is 1. The lowest BCUT2D eigenvalue weighted by Crippen LogP contribution is -2.39. The Kier molecular flexibility index (Phi) is 3.66. The van der Waals surface area contributed by atoms with E-state index in [0.29, 0.717) is 6.61 Å². The Labute approximate surface area is 109 Å². The summed E-state index contributed by atoms with van der Waals surface area (Å²) in [5.41, 5.74) is -0.240. The summed E-state index contributed by atoms with van der Waals surface area (Å²) in [6.07, 6.45) is 0.668. The number of carbonyl (C=O) groups is 1. The number of carbonyl (C=O) groups excluding carboxylic acids is 1. The molecule has 1 saturated heterocycles. The molecule has 1 aromatic rings. The molecule has 1 fully saturated rings. The van der Waals surface area contributed by atoms with Gasteiger partial charge >= 0.3 is 5.69 Å². The first kappa shape index (κ1) is 13.3. The molecule has 0 radical (unpaired) electrons. The molecule has 2 N–H and O–H groups in total.